The summed E-state index contributed by atoms with van der Waals surface area (Å²) in [6, 6.07) is -0.495. The fraction of sp³-hybridized carbons (Fsp3) is 0.444. The van der Waals surface area contributed by atoms with Gasteiger partial charge in [-0.25, -0.2) is 9.78 Å². The minimum absolute atomic E-state index is 0.141. The fourth-order valence-corrected chi connectivity index (χ4v) is 1.32. The normalized spacial score (nSPS) is 11.9. The van der Waals surface area contributed by atoms with Crippen molar-refractivity contribution in [2.75, 3.05) is 17.7 Å². The third-order valence-corrected chi connectivity index (χ3v) is 2.34. The maximum atomic E-state index is 11.4. The molecule has 1 aromatic heterocycles. The summed E-state index contributed by atoms with van der Waals surface area (Å²) in [5.74, 6) is 0.265. The van der Waals surface area contributed by atoms with Crippen LogP contribution in [0.5, 0.6) is 0 Å². The molecule has 0 aliphatic carbocycles. The molecule has 1 heterocycles. The van der Waals surface area contributed by atoms with Gasteiger partial charge >= 0.3 is 5.97 Å². The van der Waals surface area contributed by atoms with Crippen molar-refractivity contribution in [2.24, 2.45) is 0 Å². The van der Waals surface area contributed by atoms with Crippen molar-refractivity contribution in [1.82, 2.24) is 9.97 Å². The Morgan fingerprint density at radius 1 is 1.75 bits per heavy atom. The van der Waals surface area contributed by atoms with Crippen molar-refractivity contribution >= 4 is 33.7 Å². The van der Waals surface area contributed by atoms with Gasteiger partial charge in [0, 0.05) is 6.20 Å². The van der Waals surface area contributed by atoms with Gasteiger partial charge in [-0.2, -0.15) is 4.98 Å². The van der Waals surface area contributed by atoms with E-state index in [1.165, 1.54) is 6.20 Å². The summed E-state index contributed by atoms with van der Waals surface area (Å²) in [6.07, 6.45) is 1.52. The summed E-state index contributed by atoms with van der Waals surface area (Å²) in [5.41, 5.74) is 5.44. The molecule has 0 radical (unpaired) electrons. The van der Waals surface area contributed by atoms with Crippen LogP contribution in [-0.2, 0) is 9.53 Å². The lowest BCUT2D eigenvalue weighted by atomic mass is 10.3. The van der Waals surface area contributed by atoms with Gasteiger partial charge in [0.1, 0.15) is 11.9 Å². The second kappa shape index (κ2) is 5.64. The van der Waals surface area contributed by atoms with Crippen molar-refractivity contribution in [3.63, 3.8) is 0 Å². The molecule has 1 aromatic rings. The van der Waals surface area contributed by atoms with Gasteiger partial charge < -0.3 is 15.8 Å². The molecule has 0 spiro atoms. The zero-order chi connectivity index (χ0) is 12.1. The number of rotatable bonds is 4. The average Bonchev–Trinajstić information content (AvgIpc) is 2.23. The molecule has 0 fully saturated rings. The van der Waals surface area contributed by atoms with Crippen molar-refractivity contribution in [1.29, 1.82) is 0 Å². The second-order valence-corrected chi connectivity index (χ2v) is 3.90. The van der Waals surface area contributed by atoms with E-state index in [1.54, 1.807) is 13.8 Å². The number of nitrogens with zero attached hydrogens (tertiary/aromatic N) is 2. The van der Waals surface area contributed by atoms with Crippen molar-refractivity contribution in [3.05, 3.63) is 10.7 Å². The number of hydrogen-bond donors (Lipinski definition) is 2. The Balaban J connectivity index is 2.72. The van der Waals surface area contributed by atoms with E-state index in [0.717, 1.165) is 0 Å². The summed E-state index contributed by atoms with van der Waals surface area (Å²) in [5, 5.41) is 2.88. The Kier molecular flexibility index (Phi) is 4.48. The fourth-order valence-electron chi connectivity index (χ4n) is 1.01. The molecule has 0 aliphatic rings. The molecule has 1 atom stereocenters. The molecule has 16 heavy (non-hydrogen) atoms. The number of carbonyl (C=O) groups is 1. The Hall–Kier alpha value is -1.37. The smallest absolute Gasteiger partial charge is 0.328 e. The third kappa shape index (κ3) is 3.34. The number of nitrogens with one attached hydrogen (secondary N) is 1. The van der Waals surface area contributed by atoms with Crippen LogP contribution in [0.15, 0.2) is 10.7 Å². The molecule has 1 rings (SSSR count). The first-order valence-corrected chi connectivity index (χ1v) is 5.55. The topological polar surface area (TPSA) is 90.1 Å². The van der Waals surface area contributed by atoms with Crippen LogP contribution in [0.25, 0.3) is 0 Å². The monoisotopic (exact) mass is 288 g/mol. The molecular weight excluding hydrogens is 276 g/mol. The second-order valence-electron chi connectivity index (χ2n) is 3.04. The predicted molar refractivity (Wildman–Crippen MR) is 63.9 cm³/mol. The minimum Gasteiger partial charge on any atom is -0.464 e. The molecule has 0 saturated heterocycles. The van der Waals surface area contributed by atoms with E-state index in [9.17, 15) is 4.79 Å². The summed E-state index contributed by atoms with van der Waals surface area (Å²) in [4.78, 5) is 19.1. The van der Waals surface area contributed by atoms with Crippen LogP contribution in [0.1, 0.15) is 13.8 Å². The summed E-state index contributed by atoms with van der Waals surface area (Å²) < 4.78 is 5.49. The Morgan fingerprint density at radius 3 is 3.06 bits per heavy atom. The van der Waals surface area contributed by atoms with Crippen molar-refractivity contribution in [3.8, 4) is 0 Å². The average molecular weight is 289 g/mol. The van der Waals surface area contributed by atoms with E-state index < -0.39 is 6.04 Å². The number of esters is 1. The van der Waals surface area contributed by atoms with Gasteiger partial charge in [-0.1, -0.05) is 0 Å². The van der Waals surface area contributed by atoms with E-state index in [-0.39, 0.29) is 11.9 Å². The first-order valence-electron chi connectivity index (χ1n) is 4.75. The number of ether oxygens (including phenoxy) is 1. The lowest BCUT2D eigenvalue weighted by Crippen LogP contribution is -2.28. The van der Waals surface area contributed by atoms with Gasteiger partial charge in [-0.3, -0.25) is 0 Å². The van der Waals surface area contributed by atoms with Crippen LogP contribution in [0.4, 0.5) is 11.8 Å². The molecule has 3 N–H and O–H groups in total. The number of carbonyl (C=O) groups excluding carboxylic acids is 1. The van der Waals surface area contributed by atoms with Crippen LogP contribution in [-0.4, -0.2) is 28.6 Å². The van der Waals surface area contributed by atoms with Crippen LogP contribution < -0.4 is 11.1 Å². The number of halogens is 1. The highest BCUT2D eigenvalue weighted by atomic mass is 79.9. The Labute approximate surface area is 102 Å². The van der Waals surface area contributed by atoms with Gasteiger partial charge in [0.15, 0.2) is 0 Å². The van der Waals surface area contributed by atoms with Gasteiger partial charge in [0.2, 0.25) is 5.95 Å². The maximum absolute atomic E-state index is 11.4. The molecular formula is C9H13BrN4O2. The van der Waals surface area contributed by atoms with Gasteiger partial charge in [-0.15, -0.1) is 0 Å². The predicted octanol–water partition coefficient (Wildman–Crippen LogP) is 1.18. The highest BCUT2D eigenvalue weighted by molar-refractivity contribution is 9.10. The summed E-state index contributed by atoms with van der Waals surface area (Å²) in [6.45, 7) is 3.78. The first-order chi connectivity index (χ1) is 7.54. The van der Waals surface area contributed by atoms with Gasteiger partial charge in [0.25, 0.3) is 0 Å². The van der Waals surface area contributed by atoms with E-state index in [1.807, 2.05) is 0 Å². The molecule has 7 heteroatoms. The number of nitrogens with two attached hydrogens (primary N) is 1. The summed E-state index contributed by atoms with van der Waals surface area (Å²) >= 11 is 3.25. The van der Waals surface area contributed by atoms with E-state index in [2.05, 4.69) is 31.2 Å². The standard InChI is InChI=1S/C9H13BrN4O2/c1-3-16-8(15)5(2)13-7-6(10)4-12-9(11)14-7/h4-5H,3H2,1-2H3,(H3,11,12,13,14). The van der Waals surface area contributed by atoms with E-state index >= 15 is 0 Å². The highest BCUT2D eigenvalue weighted by Crippen LogP contribution is 2.19. The highest BCUT2D eigenvalue weighted by Gasteiger charge is 2.15. The number of aromatic nitrogens is 2. The number of nitrogen functional groups attached to an aromatic ring is 1. The molecule has 1 unspecified atom stereocenters. The van der Waals surface area contributed by atoms with Crippen LogP contribution in [0.2, 0.25) is 0 Å². The largest absolute Gasteiger partial charge is 0.464 e. The van der Waals surface area contributed by atoms with Crippen LogP contribution in [0, 0.1) is 0 Å². The molecule has 0 aromatic carbocycles. The SMILES string of the molecule is CCOC(=O)C(C)Nc1nc(N)ncc1Br. The Bertz CT molecular complexity index is 386. The van der Waals surface area contributed by atoms with Crippen molar-refractivity contribution < 1.29 is 9.53 Å². The first kappa shape index (κ1) is 12.7. The van der Waals surface area contributed by atoms with E-state index in [4.69, 9.17) is 10.5 Å². The van der Waals surface area contributed by atoms with Crippen LogP contribution >= 0.6 is 15.9 Å². The molecule has 0 saturated carbocycles. The number of hydrogen-bond acceptors (Lipinski definition) is 6. The zero-order valence-corrected chi connectivity index (χ0v) is 10.6. The lowest BCUT2D eigenvalue weighted by Gasteiger charge is -2.14. The van der Waals surface area contributed by atoms with Crippen LogP contribution in [0.3, 0.4) is 0 Å². The molecule has 88 valence electrons. The molecule has 0 bridgehead atoms. The molecule has 0 aliphatic heterocycles. The van der Waals surface area contributed by atoms with E-state index in [0.29, 0.717) is 16.9 Å². The molecule has 6 nitrogen and oxygen atoms in total. The quantitative estimate of drug-likeness (QED) is 0.809. The number of anilines is 2. The van der Waals surface area contributed by atoms with Gasteiger partial charge in [-0.05, 0) is 29.8 Å². The third-order valence-electron chi connectivity index (χ3n) is 1.76. The zero-order valence-electron chi connectivity index (χ0n) is 9.03. The van der Waals surface area contributed by atoms with Crippen molar-refractivity contribution in [2.45, 2.75) is 19.9 Å². The maximum Gasteiger partial charge on any atom is 0.328 e. The Morgan fingerprint density at radius 2 is 2.44 bits per heavy atom. The summed E-state index contributed by atoms with van der Waals surface area (Å²) in [7, 11) is 0. The van der Waals surface area contributed by atoms with Gasteiger partial charge in [0.05, 0.1) is 11.1 Å². The lowest BCUT2D eigenvalue weighted by molar-refractivity contribution is -0.143. The molecule has 0 amide bonds. The minimum atomic E-state index is -0.495.